The van der Waals surface area contributed by atoms with Crippen LogP contribution in [0.3, 0.4) is 0 Å². The highest BCUT2D eigenvalue weighted by Crippen LogP contribution is 2.30. The zero-order chi connectivity index (χ0) is 24.6. The van der Waals surface area contributed by atoms with Crippen LogP contribution in [0.1, 0.15) is 17.2 Å². The van der Waals surface area contributed by atoms with E-state index in [1.165, 1.54) is 18.2 Å². The number of anilines is 1. The van der Waals surface area contributed by atoms with E-state index >= 15 is 0 Å². The predicted molar refractivity (Wildman–Crippen MR) is 138 cm³/mol. The summed E-state index contributed by atoms with van der Waals surface area (Å²) in [6.07, 6.45) is 1.64. The third-order valence-corrected chi connectivity index (χ3v) is 6.27. The molecule has 6 nitrogen and oxygen atoms in total. The summed E-state index contributed by atoms with van der Waals surface area (Å²) in [6, 6.07) is 28.1. The molecular formula is C28H27ClN4O2. The summed E-state index contributed by atoms with van der Waals surface area (Å²) in [5.41, 5.74) is 2.94. The van der Waals surface area contributed by atoms with Gasteiger partial charge in [0, 0.05) is 37.4 Å². The van der Waals surface area contributed by atoms with Crippen molar-refractivity contribution in [1.82, 2.24) is 9.80 Å². The smallest absolute Gasteiger partial charge is 0.267 e. The lowest BCUT2D eigenvalue weighted by atomic mass is 9.96. The third kappa shape index (κ3) is 6.02. The van der Waals surface area contributed by atoms with E-state index in [1.807, 2.05) is 23.1 Å². The number of halogens is 1. The highest BCUT2D eigenvalue weighted by molar-refractivity contribution is 6.31. The highest BCUT2D eigenvalue weighted by Gasteiger charge is 2.26. The molecule has 35 heavy (non-hydrogen) atoms. The maximum Gasteiger partial charge on any atom is 0.267 e. The molecule has 3 aromatic carbocycles. The minimum atomic E-state index is -0.498. The van der Waals surface area contributed by atoms with Gasteiger partial charge in [-0.1, -0.05) is 72.3 Å². The highest BCUT2D eigenvalue weighted by atomic mass is 35.5. The molecule has 0 bridgehead atoms. The lowest BCUT2D eigenvalue weighted by Crippen LogP contribution is -2.46. The molecule has 0 saturated carbocycles. The summed E-state index contributed by atoms with van der Waals surface area (Å²) in [5.74, 6) is -0.0246. The molecule has 1 aliphatic heterocycles. The summed E-state index contributed by atoms with van der Waals surface area (Å²) < 4.78 is 5.28. The van der Waals surface area contributed by atoms with Gasteiger partial charge in [0.15, 0.2) is 0 Å². The maximum atomic E-state index is 12.8. The van der Waals surface area contributed by atoms with E-state index in [1.54, 1.807) is 24.4 Å². The molecule has 1 heterocycles. The van der Waals surface area contributed by atoms with Crippen molar-refractivity contribution < 1.29 is 9.53 Å². The second kappa shape index (κ2) is 11.6. The first kappa shape index (κ1) is 24.3. The summed E-state index contributed by atoms with van der Waals surface area (Å²) >= 11 is 6.05. The van der Waals surface area contributed by atoms with Crippen LogP contribution in [0.15, 0.2) is 90.6 Å². The van der Waals surface area contributed by atoms with Gasteiger partial charge in [0.1, 0.15) is 17.4 Å². The van der Waals surface area contributed by atoms with E-state index < -0.39 is 5.91 Å². The number of methoxy groups -OCH3 is 1. The number of amides is 1. The number of nitrogens with one attached hydrogen (secondary N) is 1. The number of ether oxygens (including phenoxy) is 1. The second-order valence-corrected chi connectivity index (χ2v) is 8.69. The maximum absolute atomic E-state index is 12.8. The van der Waals surface area contributed by atoms with Gasteiger partial charge in [-0.25, -0.2) is 0 Å². The topological polar surface area (TPSA) is 68.6 Å². The van der Waals surface area contributed by atoms with Gasteiger partial charge in [-0.15, -0.1) is 0 Å². The molecule has 4 rings (SSSR count). The standard InChI is InChI=1S/C28H27ClN4O2/c1-35-26-13-12-24(29)18-25(26)31-28(34)23(19-30)20-32-14-16-33(17-15-32)27(21-8-4-2-5-9-21)22-10-6-3-7-11-22/h2-13,18,20,27H,14-17H2,1H3,(H,31,34)/b23-20-. The molecule has 0 atom stereocenters. The first-order valence-electron chi connectivity index (χ1n) is 11.4. The average molecular weight is 487 g/mol. The van der Waals surface area contributed by atoms with Gasteiger partial charge in [-0.3, -0.25) is 9.69 Å². The fraction of sp³-hybridized carbons (Fsp3) is 0.214. The lowest BCUT2D eigenvalue weighted by molar-refractivity contribution is -0.112. The summed E-state index contributed by atoms with van der Waals surface area (Å²) in [7, 11) is 1.51. The van der Waals surface area contributed by atoms with Gasteiger partial charge < -0.3 is 15.0 Å². The van der Waals surface area contributed by atoms with Crippen molar-refractivity contribution in [3.05, 3.63) is 107 Å². The van der Waals surface area contributed by atoms with Gasteiger partial charge in [0.05, 0.1) is 18.8 Å². The monoisotopic (exact) mass is 486 g/mol. The summed E-state index contributed by atoms with van der Waals surface area (Å²) in [4.78, 5) is 17.3. The zero-order valence-electron chi connectivity index (χ0n) is 19.5. The first-order valence-corrected chi connectivity index (χ1v) is 11.8. The Hall–Kier alpha value is -3.79. The number of piperazine rings is 1. The Bertz CT molecular complexity index is 1180. The van der Waals surface area contributed by atoms with Gasteiger partial charge in [0.2, 0.25) is 0 Å². The van der Waals surface area contributed by atoms with Crippen LogP contribution in [0.2, 0.25) is 5.02 Å². The fourth-order valence-electron chi connectivity index (χ4n) is 4.30. The molecule has 3 aromatic rings. The van der Waals surface area contributed by atoms with Crippen LogP contribution in [0, 0.1) is 11.3 Å². The molecule has 1 fully saturated rings. The molecule has 0 unspecified atom stereocenters. The van der Waals surface area contributed by atoms with Crippen molar-refractivity contribution in [1.29, 1.82) is 5.26 Å². The van der Waals surface area contributed by atoms with Crippen LogP contribution in [0.25, 0.3) is 0 Å². The molecule has 0 aliphatic carbocycles. The molecule has 1 aliphatic rings. The Kier molecular flexibility index (Phi) is 8.04. The van der Waals surface area contributed by atoms with E-state index in [0.717, 1.165) is 13.1 Å². The van der Waals surface area contributed by atoms with Crippen LogP contribution in [-0.4, -0.2) is 49.0 Å². The SMILES string of the molecule is COc1ccc(Cl)cc1NC(=O)/C(C#N)=C\N1CCN(C(c2ccccc2)c2ccccc2)CC1. The molecule has 0 radical (unpaired) electrons. The Morgan fingerprint density at radius 3 is 2.14 bits per heavy atom. The molecule has 1 saturated heterocycles. The van der Waals surface area contributed by atoms with Crippen molar-refractivity contribution in [2.24, 2.45) is 0 Å². The summed E-state index contributed by atoms with van der Waals surface area (Å²) in [6.45, 7) is 3.00. The molecule has 1 amide bonds. The average Bonchev–Trinajstić information content (AvgIpc) is 2.89. The van der Waals surface area contributed by atoms with E-state index in [-0.39, 0.29) is 11.6 Å². The number of nitrogens with zero attached hydrogens (tertiary/aromatic N) is 3. The fourth-order valence-corrected chi connectivity index (χ4v) is 4.47. The first-order chi connectivity index (χ1) is 17.1. The van der Waals surface area contributed by atoms with Gasteiger partial charge >= 0.3 is 0 Å². The number of nitriles is 1. The van der Waals surface area contributed by atoms with E-state index in [4.69, 9.17) is 16.3 Å². The number of carbonyl (C=O) groups excluding carboxylic acids is 1. The Morgan fingerprint density at radius 1 is 1.00 bits per heavy atom. The quantitative estimate of drug-likeness (QED) is 0.371. The predicted octanol–water partition coefficient (Wildman–Crippen LogP) is 5.10. The molecular weight excluding hydrogens is 460 g/mol. The van der Waals surface area contributed by atoms with Crippen LogP contribution in [-0.2, 0) is 4.79 Å². The molecule has 0 aromatic heterocycles. The van der Waals surface area contributed by atoms with Gasteiger partial charge in [0.25, 0.3) is 5.91 Å². The lowest BCUT2D eigenvalue weighted by Gasteiger charge is -2.39. The second-order valence-electron chi connectivity index (χ2n) is 8.25. The number of carbonyl (C=O) groups is 1. The Labute approximate surface area is 211 Å². The normalized spacial score (nSPS) is 14.5. The minimum absolute atomic E-state index is 0.0307. The van der Waals surface area contributed by atoms with Crippen molar-refractivity contribution in [3.63, 3.8) is 0 Å². The Morgan fingerprint density at radius 2 is 1.60 bits per heavy atom. The van der Waals surface area contributed by atoms with Crippen LogP contribution in [0.4, 0.5) is 5.69 Å². The van der Waals surface area contributed by atoms with E-state index in [0.29, 0.717) is 29.5 Å². The molecule has 1 N–H and O–H groups in total. The Balaban J connectivity index is 1.46. The minimum Gasteiger partial charge on any atom is -0.495 e. The van der Waals surface area contributed by atoms with Gasteiger partial charge in [-0.2, -0.15) is 5.26 Å². The number of hydrogen-bond acceptors (Lipinski definition) is 5. The number of hydrogen-bond donors (Lipinski definition) is 1. The summed E-state index contributed by atoms with van der Waals surface area (Å²) in [5, 5.41) is 12.9. The van der Waals surface area contributed by atoms with Crippen LogP contribution >= 0.6 is 11.6 Å². The van der Waals surface area contributed by atoms with E-state index in [9.17, 15) is 10.1 Å². The van der Waals surface area contributed by atoms with Gasteiger partial charge in [-0.05, 0) is 29.3 Å². The van der Waals surface area contributed by atoms with Crippen LogP contribution in [0.5, 0.6) is 5.75 Å². The third-order valence-electron chi connectivity index (χ3n) is 6.03. The molecule has 7 heteroatoms. The number of rotatable bonds is 7. The van der Waals surface area contributed by atoms with Crippen molar-refractivity contribution in [2.45, 2.75) is 6.04 Å². The van der Waals surface area contributed by atoms with Crippen molar-refractivity contribution in [2.75, 3.05) is 38.6 Å². The number of benzene rings is 3. The largest absolute Gasteiger partial charge is 0.495 e. The van der Waals surface area contributed by atoms with E-state index in [2.05, 4.69) is 58.7 Å². The molecule has 0 spiro atoms. The van der Waals surface area contributed by atoms with Crippen LogP contribution < -0.4 is 10.1 Å². The van der Waals surface area contributed by atoms with Crippen molar-refractivity contribution >= 4 is 23.2 Å². The molecule has 178 valence electrons. The van der Waals surface area contributed by atoms with Crippen molar-refractivity contribution in [3.8, 4) is 11.8 Å². The zero-order valence-corrected chi connectivity index (χ0v) is 20.3.